The normalized spacial score (nSPS) is 22.2. The number of hydrogen-bond donors (Lipinski definition) is 0. The third-order valence-electron chi connectivity index (χ3n) is 9.71. The molecular weight excluding hydrogens is 461 g/mol. The number of nitrogens with zero attached hydrogens (tertiary/aromatic N) is 1. The minimum atomic E-state index is -1.62. The highest BCUT2D eigenvalue weighted by Crippen LogP contribution is 2.68. The van der Waals surface area contributed by atoms with Gasteiger partial charge in [-0.05, 0) is 50.1 Å². The molecule has 1 saturated carbocycles. The molecule has 0 N–H and O–H groups in total. The van der Waals surface area contributed by atoms with Gasteiger partial charge in [-0.15, -0.1) is 0 Å². The number of unbranched alkanes of at least 4 members (excludes halogenated alkanes) is 11. The van der Waals surface area contributed by atoms with Crippen LogP contribution in [-0.2, 0) is 14.2 Å². The molecule has 1 aliphatic heterocycles. The van der Waals surface area contributed by atoms with Gasteiger partial charge in [-0.25, -0.2) is 0 Å². The number of esters is 1. The summed E-state index contributed by atoms with van der Waals surface area (Å²) in [5.74, 6) is -0.0392. The van der Waals surface area contributed by atoms with Crippen molar-refractivity contribution in [2.75, 3.05) is 13.2 Å². The number of carbonyl (C=O) groups excluding carboxylic acids is 1. The highest BCUT2D eigenvalue weighted by Gasteiger charge is 2.72. The van der Waals surface area contributed by atoms with Crippen molar-refractivity contribution < 1.29 is 14.2 Å². The Morgan fingerprint density at radius 1 is 0.917 bits per heavy atom. The number of ether oxygens (including phenoxy) is 1. The van der Waals surface area contributed by atoms with Crippen molar-refractivity contribution in [1.82, 2.24) is 4.48 Å². The van der Waals surface area contributed by atoms with Gasteiger partial charge in [-0.2, -0.15) is 0 Å². The van der Waals surface area contributed by atoms with Gasteiger partial charge < -0.3 is 13.9 Å². The predicted molar refractivity (Wildman–Crippen MR) is 158 cm³/mol. The summed E-state index contributed by atoms with van der Waals surface area (Å²) in [5.41, 5.74) is 0. The second-order valence-electron chi connectivity index (χ2n) is 13.3. The Morgan fingerprint density at radius 2 is 1.50 bits per heavy atom. The first-order valence-corrected chi connectivity index (χ1v) is 18.6. The van der Waals surface area contributed by atoms with E-state index in [1.54, 1.807) is 0 Å². The molecule has 0 bridgehead atoms. The Hall–Kier alpha value is -0.328. The van der Waals surface area contributed by atoms with Crippen LogP contribution in [0.5, 0.6) is 0 Å². The number of fused-ring (bicyclic) bond motifs is 1. The molecule has 0 aromatic carbocycles. The SMILES string of the molecule is CCCCCCCCCCCCOB1N([Si](C)(C)C(C)(C)C)[C@@H]2CC[C@]12CCCCCC(=O)OCC. The maximum Gasteiger partial charge on any atom is 0.383 e. The van der Waals surface area contributed by atoms with Crippen molar-refractivity contribution in [3.8, 4) is 0 Å². The largest absolute Gasteiger partial charge is 0.466 e. The van der Waals surface area contributed by atoms with Gasteiger partial charge in [0.05, 0.1) is 6.61 Å². The van der Waals surface area contributed by atoms with Gasteiger partial charge >= 0.3 is 13.0 Å². The molecule has 0 aromatic rings. The first kappa shape index (κ1) is 31.9. The molecular formula is C30H60BNO3Si. The van der Waals surface area contributed by atoms with E-state index in [9.17, 15) is 4.79 Å². The van der Waals surface area contributed by atoms with E-state index in [1.807, 2.05) is 6.92 Å². The Labute approximate surface area is 226 Å². The predicted octanol–water partition coefficient (Wildman–Crippen LogP) is 9.15. The van der Waals surface area contributed by atoms with Crippen molar-refractivity contribution in [2.45, 2.75) is 173 Å². The van der Waals surface area contributed by atoms with Gasteiger partial charge in [0.1, 0.15) is 8.24 Å². The maximum absolute atomic E-state index is 11.7. The van der Waals surface area contributed by atoms with Crippen LogP contribution in [0.4, 0.5) is 0 Å². The fourth-order valence-electron chi connectivity index (χ4n) is 6.36. The van der Waals surface area contributed by atoms with E-state index in [4.69, 9.17) is 9.39 Å². The zero-order valence-electron chi connectivity index (χ0n) is 25.3. The van der Waals surface area contributed by atoms with Gasteiger partial charge in [0.15, 0.2) is 0 Å². The average molecular weight is 522 g/mol. The lowest BCUT2D eigenvalue weighted by Gasteiger charge is -2.73. The number of rotatable bonds is 20. The topological polar surface area (TPSA) is 38.8 Å². The minimum Gasteiger partial charge on any atom is -0.466 e. The van der Waals surface area contributed by atoms with E-state index in [2.05, 4.69) is 45.3 Å². The van der Waals surface area contributed by atoms with Gasteiger partial charge in [0, 0.05) is 18.3 Å². The van der Waals surface area contributed by atoms with Crippen molar-refractivity contribution in [2.24, 2.45) is 0 Å². The minimum absolute atomic E-state index is 0.0392. The summed E-state index contributed by atoms with van der Waals surface area (Å²) in [6.07, 6.45) is 21.5. The number of carbonyl (C=O) groups is 1. The van der Waals surface area contributed by atoms with E-state index >= 15 is 0 Å². The summed E-state index contributed by atoms with van der Waals surface area (Å²) >= 11 is 0. The van der Waals surface area contributed by atoms with E-state index < -0.39 is 8.24 Å². The van der Waals surface area contributed by atoms with Crippen LogP contribution < -0.4 is 0 Å². The summed E-state index contributed by atoms with van der Waals surface area (Å²) in [6.45, 7) is 18.0. The summed E-state index contributed by atoms with van der Waals surface area (Å²) in [4.78, 5) is 11.7. The molecule has 0 radical (unpaired) electrons. The Kier molecular flexibility index (Phi) is 13.6. The molecule has 0 spiro atoms. The quantitative estimate of drug-likeness (QED) is 0.0909. The lowest BCUT2D eigenvalue weighted by atomic mass is 9.32. The molecule has 0 unspecified atom stereocenters. The second kappa shape index (κ2) is 15.3. The molecule has 2 aliphatic rings. The van der Waals surface area contributed by atoms with Gasteiger partial charge in [-0.3, -0.25) is 4.79 Å². The monoisotopic (exact) mass is 521 g/mol. The zero-order chi connectivity index (χ0) is 26.7. The Bertz CT molecular complexity index is 638. The van der Waals surface area contributed by atoms with Crippen molar-refractivity contribution in [3.05, 3.63) is 0 Å². The molecule has 0 amide bonds. The Morgan fingerprint density at radius 3 is 2.03 bits per heavy atom. The van der Waals surface area contributed by atoms with Crippen molar-refractivity contribution in [1.29, 1.82) is 0 Å². The van der Waals surface area contributed by atoms with Crippen LogP contribution in [0, 0.1) is 0 Å². The van der Waals surface area contributed by atoms with E-state index in [-0.39, 0.29) is 5.97 Å². The molecule has 1 heterocycles. The molecule has 1 aliphatic carbocycles. The third-order valence-corrected chi connectivity index (χ3v) is 15.2. The molecule has 36 heavy (non-hydrogen) atoms. The summed E-state index contributed by atoms with van der Waals surface area (Å²) < 4.78 is 14.8. The fraction of sp³-hybridized carbons (Fsp3) is 0.967. The number of hydrogen-bond acceptors (Lipinski definition) is 4. The molecule has 2 atom stereocenters. The van der Waals surface area contributed by atoms with Crippen LogP contribution in [-0.4, -0.2) is 45.0 Å². The molecule has 2 rings (SSSR count). The summed E-state index contributed by atoms with van der Waals surface area (Å²) in [7, 11) is -1.30. The van der Waals surface area contributed by atoms with Gasteiger partial charge in [0.2, 0.25) is 0 Å². The third kappa shape index (κ3) is 8.33. The first-order valence-electron chi connectivity index (χ1n) is 15.7. The molecule has 2 fully saturated rings. The highest BCUT2D eigenvalue weighted by atomic mass is 28.3. The molecule has 1 saturated heterocycles. The standard InChI is InChI=1S/C30H60BNO3Si/c1-8-10-11-12-13-14-15-16-17-21-26-35-31-30(24-20-18-19-22-28(33)34-9-2)25-23-27(30)32(31)36(6,7)29(3,4)5/h27H,8-26H2,1-7H3/t27-,30+/m1/s1. The Balaban J connectivity index is 1.79. The molecule has 6 heteroatoms. The highest BCUT2D eigenvalue weighted by molar-refractivity contribution is 6.87. The second-order valence-corrected chi connectivity index (χ2v) is 18.4. The lowest BCUT2D eigenvalue weighted by Crippen LogP contribution is -2.83. The van der Waals surface area contributed by atoms with Crippen molar-refractivity contribution in [3.63, 3.8) is 0 Å². The fourth-order valence-corrected chi connectivity index (χ4v) is 9.21. The van der Waals surface area contributed by atoms with Crippen LogP contribution >= 0.6 is 0 Å². The van der Waals surface area contributed by atoms with E-state index in [0.29, 0.717) is 30.4 Å². The molecule has 210 valence electrons. The maximum atomic E-state index is 11.7. The van der Waals surface area contributed by atoms with Crippen LogP contribution in [0.2, 0.25) is 23.4 Å². The lowest BCUT2D eigenvalue weighted by molar-refractivity contribution is -0.143. The molecule has 0 aromatic heterocycles. The van der Waals surface area contributed by atoms with Crippen LogP contribution in [0.15, 0.2) is 0 Å². The van der Waals surface area contributed by atoms with E-state index in [0.717, 1.165) is 25.5 Å². The van der Waals surface area contributed by atoms with E-state index in [1.165, 1.54) is 89.9 Å². The van der Waals surface area contributed by atoms with Crippen molar-refractivity contribution >= 4 is 21.3 Å². The first-order chi connectivity index (χ1) is 17.1. The zero-order valence-corrected chi connectivity index (χ0v) is 26.3. The smallest absolute Gasteiger partial charge is 0.383 e. The summed E-state index contributed by atoms with van der Waals surface area (Å²) in [5, 5.41) is 0.713. The molecule has 4 nitrogen and oxygen atoms in total. The van der Waals surface area contributed by atoms with Crippen LogP contribution in [0.3, 0.4) is 0 Å². The van der Waals surface area contributed by atoms with Crippen LogP contribution in [0.1, 0.15) is 144 Å². The van der Waals surface area contributed by atoms with Crippen LogP contribution in [0.25, 0.3) is 0 Å². The van der Waals surface area contributed by atoms with Gasteiger partial charge in [0.25, 0.3) is 0 Å². The average Bonchev–Trinajstić information content (AvgIpc) is 2.80. The summed E-state index contributed by atoms with van der Waals surface area (Å²) in [6, 6.07) is 0.723. The van der Waals surface area contributed by atoms with Gasteiger partial charge in [-0.1, -0.05) is 111 Å².